The highest BCUT2D eigenvalue weighted by atomic mass is 35.5. The third kappa shape index (κ3) is 4.69. The van der Waals surface area contributed by atoms with Crippen LogP contribution >= 0.6 is 35.0 Å². The van der Waals surface area contributed by atoms with Gasteiger partial charge >= 0.3 is 0 Å². The zero-order valence-electron chi connectivity index (χ0n) is 15.6. The molecule has 0 amide bonds. The minimum Gasteiger partial charge on any atom is -0.347 e. The Hall–Kier alpha value is -2.34. The van der Waals surface area contributed by atoms with Gasteiger partial charge in [-0.05, 0) is 41.0 Å². The Morgan fingerprint density at radius 1 is 0.867 bits per heavy atom. The number of H-pyrrole nitrogens is 1. The highest BCUT2D eigenvalue weighted by Crippen LogP contribution is 2.35. The second-order valence-corrected chi connectivity index (χ2v) is 8.49. The fourth-order valence-corrected chi connectivity index (χ4v) is 4.35. The lowest BCUT2D eigenvalue weighted by molar-refractivity contribution is 0.626. The third-order valence-electron chi connectivity index (χ3n) is 4.63. The van der Waals surface area contributed by atoms with Crippen molar-refractivity contribution in [1.82, 2.24) is 9.97 Å². The zero-order chi connectivity index (χ0) is 21.1. The van der Waals surface area contributed by atoms with Crippen LogP contribution in [0.5, 0.6) is 0 Å². The maximum atomic E-state index is 13.7. The number of imidazole rings is 1. The minimum absolute atomic E-state index is 0.0101. The fraction of sp³-hybridized carbons (Fsp3) is 0.0870. The van der Waals surface area contributed by atoms with Crippen molar-refractivity contribution in [2.24, 2.45) is 0 Å². The molecule has 4 aromatic rings. The molecular formula is C23H16Cl2F2N2S. The third-order valence-corrected chi connectivity index (χ3v) is 6.19. The maximum absolute atomic E-state index is 13.7. The lowest BCUT2D eigenvalue weighted by Gasteiger charge is -2.17. The first-order chi connectivity index (χ1) is 14.5. The van der Waals surface area contributed by atoms with E-state index in [4.69, 9.17) is 28.2 Å². The number of halogens is 4. The molecule has 30 heavy (non-hydrogen) atoms. The van der Waals surface area contributed by atoms with Crippen molar-refractivity contribution in [3.63, 3.8) is 0 Å². The molecule has 0 spiro atoms. The van der Waals surface area contributed by atoms with Crippen LogP contribution in [0.1, 0.15) is 28.4 Å². The van der Waals surface area contributed by atoms with Crippen molar-refractivity contribution >= 4 is 35.0 Å². The van der Waals surface area contributed by atoms with Gasteiger partial charge in [0, 0.05) is 11.9 Å². The van der Waals surface area contributed by atoms with Crippen LogP contribution in [-0.2, 0) is 5.75 Å². The molecule has 0 radical (unpaired) electrons. The molecule has 0 aliphatic rings. The normalized spacial score (nSPS) is 11.2. The summed E-state index contributed by atoms with van der Waals surface area (Å²) in [6.45, 7) is 0. The number of nitrogens with one attached hydrogen (secondary N) is 1. The maximum Gasteiger partial charge on any atom is 0.141 e. The summed E-state index contributed by atoms with van der Waals surface area (Å²) in [5, 5.41) is 0.840. The van der Waals surface area contributed by atoms with Crippen LogP contribution in [0, 0.1) is 11.6 Å². The summed E-state index contributed by atoms with van der Waals surface area (Å²) in [6.07, 6.45) is 1.83. The fourth-order valence-electron chi connectivity index (χ4n) is 3.16. The first kappa shape index (κ1) is 20.9. The Labute approximate surface area is 187 Å². The van der Waals surface area contributed by atoms with Gasteiger partial charge in [-0.1, -0.05) is 65.7 Å². The molecule has 0 aliphatic heterocycles. The second-order valence-electron chi connectivity index (χ2n) is 6.68. The minimum atomic E-state index is -0.505. The van der Waals surface area contributed by atoms with Gasteiger partial charge in [-0.2, -0.15) is 0 Å². The Kier molecular flexibility index (Phi) is 6.42. The molecule has 1 N–H and O–H groups in total. The van der Waals surface area contributed by atoms with Crippen molar-refractivity contribution in [2.45, 2.75) is 16.7 Å². The lowest BCUT2D eigenvalue weighted by Crippen LogP contribution is -2.06. The number of thioether (sulfide) groups is 1. The molecular weight excluding hydrogens is 445 g/mol. The summed E-state index contributed by atoms with van der Waals surface area (Å²) in [7, 11) is 0. The van der Waals surface area contributed by atoms with Gasteiger partial charge in [0.2, 0.25) is 0 Å². The molecule has 0 saturated heterocycles. The highest BCUT2D eigenvalue weighted by molar-refractivity contribution is 7.98. The summed E-state index contributed by atoms with van der Waals surface area (Å²) in [5.74, 6) is -0.00603. The molecule has 0 bridgehead atoms. The van der Waals surface area contributed by atoms with E-state index in [1.54, 1.807) is 36.0 Å². The Morgan fingerprint density at radius 2 is 1.47 bits per heavy atom. The zero-order valence-corrected chi connectivity index (χ0v) is 17.9. The van der Waals surface area contributed by atoms with E-state index in [9.17, 15) is 8.78 Å². The van der Waals surface area contributed by atoms with Crippen LogP contribution in [0.4, 0.5) is 8.78 Å². The first-order valence-corrected chi connectivity index (χ1v) is 10.9. The van der Waals surface area contributed by atoms with E-state index >= 15 is 0 Å². The first-order valence-electron chi connectivity index (χ1n) is 9.13. The average Bonchev–Trinajstić information content (AvgIpc) is 3.21. The van der Waals surface area contributed by atoms with Crippen LogP contribution in [0.15, 0.2) is 78.0 Å². The van der Waals surface area contributed by atoms with Gasteiger partial charge in [0.25, 0.3) is 0 Å². The van der Waals surface area contributed by atoms with E-state index in [0.29, 0.717) is 5.82 Å². The number of benzene rings is 3. The van der Waals surface area contributed by atoms with Crippen LogP contribution in [-0.4, -0.2) is 9.97 Å². The Morgan fingerprint density at radius 3 is 2.03 bits per heavy atom. The number of hydrogen-bond acceptors (Lipinski definition) is 2. The molecule has 2 nitrogen and oxygen atoms in total. The summed E-state index contributed by atoms with van der Waals surface area (Å²) < 4.78 is 27.4. The Bertz CT molecular complexity index is 1110. The number of aromatic nitrogens is 2. The van der Waals surface area contributed by atoms with Gasteiger partial charge < -0.3 is 4.98 Å². The van der Waals surface area contributed by atoms with Crippen LogP contribution in [0.25, 0.3) is 0 Å². The van der Waals surface area contributed by atoms with Crippen LogP contribution < -0.4 is 0 Å². The van der Waals surface area contributed by atoms with Crippen molar-refractivity contribution in [1.29, 1.82) is 0 Å². The standard InChI is InChI=1S/C23H16Cl2F2N2S/c24-17-10-15(6-8-19(17)26)22(16-7-9-20(27)18(25)11-16)23-28-12-21(29-23)30-13-14-4-2-1-3-5-14/h1-12,22H,13H2,(H,28,29). The molecule has 0 fully saturated rings. The summed E-state index contributed by atoms with van der Waals surface area (Å²) >= 11 is 13.6. The van der Waals surface area contributed by atoms with Gasteiger partial charge in [-0.15, -0.1) is 11.8 Å². The van der Waals surface area contributed by atoms with Crippen molar-refractivity contribution < 1.29 is 8.78 Å². The van der Waals surface area contributed by atoms with Gasteiger partial charge in [0.15, 0.2) is 0 Å². The summed E-state index contributed by atoms with van der Waals surface area (Å²) in [6, 6.07) is 19.1. The molecule has 3 aromatic carbocycles. The molecule has 0 aliphatic carbocycles. The molecule has 1 heterocycles. The number of aromatic amines is 1. The highest BCUT2D eigenvalue weighted by Gasteiger charge is 2.22. The monoisotopic (exact) mass is 460 g/mol. The predicted octanol–water partition coefficient (Wildman–Crippen LogP) is 7.47. The van der Waals surface area contributed by atoms with Gasteiger partial charge in [-0.25, -0.2) is 13.8 Å². The van der Waals surface area contributed by atoms with E-state index in [0.717, 1.165) is 21.9 Å². The summed E-state index contributed by atoms with van der Waals surface area (Å²) in [4.78, 5) is 7.92. The number of rotatable bonds is 6. The predicted molar refractivity (Wildman–Crippen MR) is 118 cm³/mol. The molecule has 152 valence electrons. The number of nitrogens with zero attached hydrogens (tertiary/aromatic N) is 1. The molecule has 0 unspecified atom stereocenters. The van der Waals surface area contributed by atoms with E-state index in [-0.39, 0.29) is 10.0 Å². The van der Waals surface area contributed by atoms with E-state index < -0.39 is 17.6 Å². The molecule has 0 atom stereocenters. The molecule has 1 aromatic heterocycles. The largest absolute Gasteiger partial charge is 0.347 e. The SMILES string of the molecule is Fc1ccc(C(c2ccc(F)c(Cl)c2)c2nc(SCc3ccccc3)c[nH]2)cc1Cl. The smallest absolute Gasteiger partial charge is 0.141 e. The van der Waals surface area contributed by atoms with Crippen molar-refractivity contribution in [2.75, 3.05) is 0 Å². The van der Waals surface area contributed by atoms with Crippen LogP contribution in [0.3, 0.4) is 0 Å². The number of hydrogen-bond donors (Lipinski definition) is 1. The van der Waals surface area contributed by atoms with E-state index in [1.807, 2.05) is 24.4 Å². The second kappa shape index (κ2) is 9.21. The van der Waals surface area contributed by atoms with E-state index in [2.05, 4.69) is 17.1 Å². The topological polar surface area (TPSA) is 28.7 Å². The van der Waals surface area contributed by atoms with Gasteiger partial charge in [0.05, 0.1) is 16.0 Å². The van der Waals surface area contributed by atoms with Crippen molar-refractivity contribution in [3.8, 4) is 0 Å². The summed E-state index contributed by atoms with van der Waals surface area (Å²) in [5.41, 5.74) is 2.63. The quantitative estimate of drug-likeness (QED) is 0.302. The van der Waals surface area contributed by atoms with E-state index in [1.165, 1.54) is 17.7 Å². The lowest BCUT2D eigenvalue weighted by atomic mass is 9.90. The van der Waals surface area contributed by atoms with Gasteiger partial charge in [-0.3, -0.25) is 0 Å². The van der Waals surface area contributed by atoms with Crippen LogP contribution in [0.2, 0.25) is 10.0 Å². The Balaban J connectivity index is 1.68. The molecule has 7 heteroatoms. The molecule has 4 rings (SSSR count). The van der Waals surface area contributed by atoms with Crippen molar-refractivity contribution in [3.05, 3.63) is 117 Å². The molecule has 0 saturated carbocycles. The van der Waals surface area contributed by atoms with Gasteiger partial charge in [0.1, 0.15) is 22.5 Å². The average molecular weight is 461 g/mol.